The molecule has 1 saturated heterocycles. The molecule has 1 aliphatic rings. The molecule has 1 aliphatic heterocycles. The summed E-state index contributed by atoms with van der Waals surface area (Å²) in [4.78, 5) is 16.5. The van der Waals surface area contributed by atoms with Crippen molar-refractivity contribution in [3.8, 4) is 0 Å². The van der Waals surface area contributed by atoms with Crippen LogP contribution in [0.4, 0.5) is 11.4 Å². The predicted molar refractivity (Wildman–Crippen MR) is 119 cm³/mol. The van der Waals surface area contributed by atoms with Crippen LogP contribution >= 0.6 is 0 Å². The van der Waals surface area contributed by atoms with Crippen LogP contribution in [0, 0.1) is 13.8 Å². The molecular weight excluding hydrogens is 402 g/mol. The third kappa shape index (κ3) is 5.12. The van der Waals surface area contributed by atoms with Crippen LogP contribution in [0.2, 0.25) is 0 Å². The number of hydrogen-bond acceptors (Lipinski definition) is 5. The number of aromatic carboxylic acids is 1. The monoisotopic (exact) mass is 431 g/mol. The second-order valence-electron chi connectivity index (χ2n) is 7.79. The van der Waals surface area contributed by atoms with Gasteiger partial charge in [0.05, 0.1) is 16.1 Å². The Labute approximate surface area is 178 Å². The Kier molecular flexibility index (Phi) is 6.67. The molecule has 0 atom stereocenters. The molecule has 1 fully saturated rings. The molecule has 2 aromatic carbocycles. The zero-order valence-electron chi connectivity index (χ0n) is 17.7. The Hall–Kier alpha value is -2.58. The first-order valence-corrected chi connectivity index (χ1v) is 11.6. The lowest BCUT2D eigenvalue weighted by Crippen LogP contribution is -2.47. The molecule has 8 heteroatoms. The average molecular weight is 432 g/mol. The third-order valence-corrected chi connectivity index (χ3v) is 6.60. The molecule has 2 N–H and O–H groups in total. The van der Waals surface area contributed by atoms with Gasteiger partial charge >= 0.3 is 5.97 Å². The molecule has 0 radical (unpaired) electrons. The maximum absolute atomic E-state index is 12.8. The molecule has 0 aliphatic carbocycles. The van der Waals surface area contributed by atoms with Crippen LogP contribution in [0.3, 0.4) is 0 Å². The number of piperazine rings is 1. The number of hydrogen-bond donors (Lipinski definition) is 2. The van der Waals surface area contributed by atoms with E-state index in [1.165, 1.54) is 6.07 Å². The van der Waals surface area contributed by atoms with Crippen LogP contribution in [0.15, 0.2) is 41.3 Å². The van der Waals surface area contributed by atoms with E-state index in [9.17, 15) is 18.3 Å². The molecule has 30 heavy (non-hydrogen) atoms. The van der Waals surface area contributed by atoms with Crippen LogP contribution in [-0.2, 0) is 10.0 Å². The fourth-order valence-corrected chi connectivity index (χ4v) is 5.11. The number of nitrogens with one attached hydrogen (secondary N) is 1. The van der Waals surface area contributed by atoms with Crippen molar-refractivity contribution >= 4 is 27.4 Å². The van der Waals surface area contributed by atoms with Crippen LogP contribution in [0.25, 0.3) is 0 Å². The van der Waals surface area contributed by atoms with Crippen molar-refractivity contribution in [2.24, 2.45) is 0 Å². The van der Waals surface area contributed by atoms with Gasteiger partial charge in [-0.25, -0.2) is 13.2 Å². The van der Waals surface area contributed by atoms with Crippen molar-refractivity contribution in [3.05, 3.63) is 53.1 Å². The summed E-state index contributed by atoms with van der Waals surface area (Å²) in [6.07, 6.45) is 1.09. The van der Waals surface area contributed by atoms with E-state index < -0.39 is 16.0 Å². The number of rotatable bonds is 7. The van der Waals surface area contributed by atoms with E-state index in [0.29, 0.717) is 5.69 Å². The van der Waals surface area contributed by atoms with Crippen molar-refractivity contribution < 1.29 is 18.3 Å². The van der Waals surface area contributed by atoms with Crippen molar-refractivity contribution in [2.45, 2.75) is 32.1 Å². The number of sulfonamides is 1. The zero-order valence-corrected chi connectivity index (χ0v) is 18.5. The maximum atomic E-state index is 12.8. The normalized spacial score (nSPS) is 15.2. The molecule has 162 valence electrons. The number of benzene rings is 2. The van der Waals surface area contributed by atoms with Gasteiger partial charge in [0.25, 0.3) is 10.0 Å². The molecule has 0 spiro atoms. The molecule has 0 aromatic heterocycles. The van der Waals surface area contributed by atoms with E-state index in [0.717, 1.165) is 50.3 Å². The Morgan fingerprint density at radius 2 is 1.67 bits per heavy atom. The Balaban J connectivity index is 1.84. The fourth-order valence-electron chi connectivity index (χ4n) is 3.88. The number of anilines is 2. The summed E-state index contributed by atoms with van der Waals surface area (Å²) < 4.78 is 28.1. The molecule has 2 aromatic rings. The third-order valence-electron chi connectivity index (χ3n) is 5.24. The highest BCUT2D eigenvalue weighted by Gasteiger charge is 2.23. The van der Waals surface area contributed by atoms with Gasteiger partial charge in [-0.15, -0.1) is 0 Å². The first kappa shape index (κ1) is 22.1. The molecule has 3 rings (SSSR count). The highest BCUT2D eigenvalue weighted by atomic mass is 32.2. The van der Waals surface area contributed by atoms with Crippen molar-refractivity contribution in [3.63, 3.8) is 0 Å². The van der Waals surface area contributed by atoms with Crippen molar-refractivity contribution in [2.75, 3.05) is 42.3 Å². The molecular formula is C22H29N3O4S. The van der Waals surface area contributed by atoms with E-state index in [1.54, 1.807) is 24.3 Å². The van der Waals surface area contributed by atoms with Gasteiger partial charge in [-0.2, -0.15) is 0 Å². The maximum Gasteiger partial charge on any atom is 0.337 e. The summed E-state index contributed by atoms with van der Waals surface area (Å²) in [6.45, 7) is 10.1. The molecule has 1 heterocycles. The lowest BCUT2D eigenvalue weighted by atomic mass is 10.1. The van der Waals surface area contributed by atoms with Crippen LogP contribution < -0.4 is 9.62 Å². The largest absolute Gasteiger partial charge is 0.478 e. The van der Waals surface area contributed by atoms with E-state index in [4.69, 9.17) is 0 Å². The van der Waals surface area contributed by atoms with Crippen LogP contribution in [-0.4, -0.2) is 57.1 Å². The lowest BCUT2D eigenvalue weighted by molar-refractivity contribution is 0.0697. The summed E-state index contributed by atoms with van der Waals surface area (Å²) in [6, 6.07) is 9.81. The van der Waals surface area contributed by atoms with Gasteiger partial charge in [0.15, 0.2) is 0 Å². The summed E-state index contributed by atoms with van der Waals surface area (Å²) in [5.41, 5.74) is 2.64. The molecule has 0 saturated carbocycles. The number of carboxylic acids is 1. The highest BCUT2D eigenvalue weighted by Crippen LogP contribution is 2.27. The molecule has 0 unspecified atom stereocenters. The average Bonchev–Trinajstić information content (AvgIpc) is 2.68. The van der Waals surface area contributed by atoms with Crippen molar-refractivity contribution in [1.29, 1.82) is 0 Å². The van der Waals surface area contributed by atoms with E-state index in [-0.39, 0.29) is 16.1 Å². The second-order valence-corrected chi connectivity index (χ2v) is 9.48. The predicted octanol–water partition coefficient (Wildman–Crippen LogP) is 3.33. The summed E-state index contributed by atoms with van der Waals surface area (Å²) >= 11 is 0. The van der Waals surface area contributed by atoms with Crippen LogP contribution in [0.1, 0.15) is 34.8 Å². The SMILES string of the molecule is CCCN1CCN(c2ccc(NS(=O)(=O)c3cc(C)cc(C)c3)cc2C(=O)O)CC1. The smallest absolute Gasteiger partial charge is 0.337 e. The van der Waals surface area contributed by atoms with Gasteiger partial charge in [-0.05, 0) is 68.3 Å². The highest BCUT2D eigenvalue weighted by molar-refractivity contribution is 7.92. The Morgan fingerprint density at radius 3 is 2.23 bits per heavy atom. The minimum atomic E-state index is -3.82. The van der Waals surface area contributed by atoms with Gasteiger partial charge < -0.3 is 10.0 Å². The number of carboxylic acid groups (broad SMARTS) is 1. The topological polar surface area (TPSA) is 90.0 Å². The Morgan fingerprint density at radius 1 is 1.03 bits per heavy atom. The number of carbonyl (C=O) groups is 1. The minimum Gasteiger partial charge on any atom is -0.478 e. The minimum absolute atomic E-state index is 0.0968. The zero-order chi connectivity index (χ0) is 21.9. The summed E-state index contributed by atoms with van der Waals surface area (Å²) in [5, 5.41) is 9.73. The van der Waals surface area contributed by atoms with E-state index in [2.05, 4.69) is 21.4 Å². The van der Waals surface area contributed by atoms with Gasteiger partial charge in [-0.1, -0.05) is 13.0 Å². The molecule has 7 nitrogen and oxygen atoms in total. The van der Waals surface area contributed by atoms with Gasteiger partial charge in [0, 0.05) is 31.9 Å². The number of aryl methyl sites for hydroxylation is 2. The van der Waals surface area contributed by atoms with Gasteiger partial charge in [0.2, 0.25) is 0 Å². The first-order chi connectivity index (χ1) is 14.2. The molecule has 0 bridgehead atoms. The first-order valence-electron chi connectivity index (χ1n) is 10.2. The van der Waals surface area contributed by atoms with E-state index >= 15 is 0 Å². The quantitative estimate of drug-likeness (QED) is 0.699. The van der Waals surface area contributed by atoms with Crippen molar-refractivity contribution in [1.82, 2.24) is 4.90 Å². The second kappa shape index (κ2) is 9.06. The Bertz CT molecular complexity index is 1010. The standard InChI is InChI=1S/C22H29N3O4S/c1-4-7-24-8-10-25(11-9-24)21-6-5-18(15-20(21)22(26)27)23-30(28,29)19-13-16(2)12-17(3)14-19/h5-6,12-15,23H,4,7-11H2,1-3H3,(H,26,27). The van der Waals surface area contributed by atoms with Gasteiger partial charge in [-0.3, -0.25) is 9.62 Å². The number of nitrogens with zero attached hydrogens (tertiary/aromatic N) is 2. The van der Waals surface area contributed by atoms with Gasteiger partial charge in [0.1, 0.15) is 0 Å². The summed E-state index contributed by atoms with van der Waals surface area (Å²) in [5.74, 6) is -1.08. The van der Waals surface area contributed by atoms with Crippen LogP contribution in [0.5, 0.6) is 0 Å². The molecule has 0 amide bonds. The summed E-state index contributed by atoms with van der Waals surface area (Å²) in [7, 11) is -3.82. The fraction of sp³-hybridized carbons (Fsp3) is 0.409. The lowest BCUT2D eigenvalue weighted by Gasteiger charge is -2.36. The van der Waals surface area contributed by atoms with E-state index in [1.807, 2.05) is 19.9 Å².